The molecule has 0 spiro atoms. The first-order valence-corrected chi connectivity index (χ1v) is 9.30. The number of carbonyl (C=O) groups excluding carboxylic acids is 3. The molecule has 0 bridgehead atoms. The van der Waals surface area contributed by atoms with E-state index in [-0.39, 0.29) is 30.6 Å². The Balaban J connectivity index is 1.81. The third-order valence-corrected chi connectivity index (χ3v) is 5.66. The molecule has 1 fully saturated rings. The molecule has 0 radical (unpaired) electrons. The standard InChI is InChI=1S/C19H16IN3O3/c1-22-17(25)14-7-2-3-8-15(14)23-16(24)9-10-19(22,23)18(26)21-13-6-4-5-12(20)11-13/h2-8,11H,9-10H2,1H3,(H,21,26). The van der Waals surface area contributed by atoms with Crippen LogP contribution in [0.4, 0.5) is 11.4 Å². The van der Waals surface area contributed by atoms with Crippen LogP contribution in [0.25, 0.3) is 0 Å². The van der Waals surface area contributed by atoms with E-state index in [2.05, 4.69) is 27.9 Å². The van der Waals surface area contributed by atoms with Crippen molar-refractivity contribution in [3.8, 4) is 0 Å². The minimum Gasteiger partial charge on any atom is -0.322 e. The van der Waals surface area contributed by atoms with Gasteiger partial charge in [-0.15, -0.1) is 0 Å². The second-order valence-electron chi connectivity index (χ2n) is 6.39. The number of anilines is 2. The molecule has 2 aromatic rings. The fourth-order valence-electron chi connectivity index (χ4n) is 3.73. The number of fused-ring (bicyclic) bond motifs is 3. The van der Waals surface area contributed by atoms with Gasteiger partial charge in [-0.05, 0) is 52.9 Å². The van der Waals surface area contributed by atoms with Crippen molar-refractivity contribution in [2.75, 3.05) is 17.3 Å². The zero-order valence-corrected chi connectivity index (χ0v) is 16.2. The van der Waals surface area contributed by atoms with Crippen LogP contribution in [0.1, 0.15) is 23.2 Å². The van der Waals surface area contributed by atoms with Crippen LogP contribution >= 0.6 is 22.6 Å². The number of benzene rings is 2. The Morgan fingerprint density at radius 3 is 2.69 bits per heavy atom. The number of hydrogen-bond donors (Lipinski definition) is 1. The van der Waals surface area contributed by atoms with Gasteiger partial charge in [0.1, 0.15) is 0 Å². The van der Waals surface area contributed by atoms with Crippen molar-refractivity contribution >= 4 is 51.7 Å². The lowest BCUT2D eigenvalue weighted by molar-refractivity contribution is -0.128. The van der Waals surface area contributed by atoms with Gasteiger partial charge in [0.2, 0.25) is 11.6 Å². The molecule has 1 atom stereocenters. The minimum absolute atomic E-state index is 0.158. The lowest BCUT2D eigenvalue weighted by atomic mass is 9.96. The Morgan fingerprint density at radius 1 is 1.15 bits per heavy atom. The number of halogens is 1. The van der Waals surface area contributed by atoms with E-state index in [0.717, 1.165) is 3.57 Å². The number of carbonyl (C=O) groups is 3. The van der Waals surface area contributed by atoms with Gasteiger partial charge in [-0.25, -0.2) is 0 Å². The molecular weight excluding hydrogens is 445 g/mol. The highest BCUT2D eigenvalue weighted by molar-refractivity contribution is 14.1. The predicted octanol–water partition coefficient (Wildman–Crippen LogP) is 2.84. The van der Waals surface area contributed by atoms with Crippen LogP contribution in [0.5, 0.6) is 0 Å². The molecule has 2 heterocycles. The molecule has 0 aromatic heterocycles. The highest BCUT2D eigenvalue weighted by Crippen LogP contribution is 2.44. The van der Waals surface area contributed by atoms with Gasteiger partial charge in [0, 0.05) is 29.1 Å². The quantitative estimate of drug-likeness (QED) is 0.700. The predicted molar refractivity (Wildman–Crippen MR) is 106 cm³/mol. The molecule has 0 aliphatic carbocycles. The monoisotopic (exact) mass is 461 g/mol. The van der Waals surface area contributed by atoms with E-state index in [4.69, 9.17) is 0 Å². The number of rotatable bonds is 2. The first kappa shape index (κ1) is 17.0. The summed E-state index contributed by atoms with van der Waals surface area (Å²) in [6.07, 6.45) is 0.476. The Labute approximate surface area is 164 Å². The molecule has 7 heteroatoms. The van der Waals surface area contributed by atoms with Gasteiger partial charge in [0.05, 0.1) is 11.3 Å². The van der Waals surface area contributed by atoms with Gasteiger partial charge in [-0.3, -0.25) is 19.3 Å². The first-order chi connectivity index (χ1) is 12.4. The van der Waals surface area contributed by atoms with Crippen molar-refractivity contribution in [2.24, 2.45) is 0 Å². The van der Waals surface area contributed by atoms with Crippen LogP contribution in [-0.4, -0.2) is 35.3 Å². The van der Waals surface area contributed by atoms with Gasteiger partial charge in [0.15, 0.2) is 0 Å². The molecule has 1 unspecified atom stereocenters. The normalized spacial score (nSPS) is 21.5. The molecule has 1 N–H and O–H groups in total. The average molecular weight is 461 g/mol. The number of nitrogens with zero attached hydrogens (tertiary/aromatic N) is 2. The Bertz CT molecular complexity index is 945. The lowest BCUT2D eigenvalue weighted by Gasteiger charge is -2.47. The Kier molecular flexibility index (Phi) is 3.98. The fraction of sp³-hybridized carbons (Fsp3) is 0.211. The maximum absolute atomic E-state index is 13.3. The summed E-state index contributed by atoms with van der Waals surface area (Å²) in [4.78, 5) is 41.7. The summed E-state index contributed by atoms with van der Waals surface area (Å²) in [5.41, 5.74) is 0.221. The van der Waals surface area contributed by atoms with Crippen LogP contribution < -0.4 is 10.2 Å². The highest BCUT2D eigenvalue weighted by Gasteiger charge is 2.59. The molecule has 6 nitrogen and oxygen atoms in total. The number of likely N-dealkylation sites (N-methyl/N-ethyl adjacent to an activating group) is 1. The second-order valence-corrected chi connectivity index (χ2v) is 7.64. The van der Waals surface area contributed by atoms with Gasteiger partial charge in [-0.1, -0.05) is 18.2 Å². The Hall–Kier alpha value is -2.42. The van der Waals surface area contributed by atoms with Gasteiger partial charge < -0.3 is 10.2 Å². The van der Waals surface area contributed by atoms with E-state index in [9.17, 15) is 14.4 Å². The van der Waals surface area contributed by atoms with Gasteiger partial charge >= 0.3 is 0 Å². The molecule has 2 aliphatic heterocycles. The maximum Gasteiger partial charge on any atom is 0.271 e. The zero-order valence-electron chi connectivity index (χ0n) is 14.0. The summed E-state index contributed by atoms with van der Waals surface area (Å²) in [6, 6.07) is 14.3. The van der Waals surface area contributed by atoms with Gasteiger partial charge in [-0.2, -0.15) is 0 Å². The van der Waals surface area contributed by atoms with Crippen LogP contribution in [0, 0.1) is 3.57 Å². The summed E-state index contributed by atoms with van der Waals surface area (Å²) in [6.45, 7) is 0. The molecular formula is C19H16IN3O3. The first-order valence-electron chi connectivity index (χ1n) is 8.22. The van der Waals surface area contributed by atoms with E-state index >= 15 is 0 Å². The molecule has 26 heavy (non-hydrogen) atoms. The van der Waals surface area contributed by atoms with Crippen molar-refractivity contribution in [2.45, 2.75) is 18.5 Å². The maximum atomic E-state index is 13.3. The number of hydrogen-bond acceptors (Lipinski definition) is 3. The summed E-state index contributed by atoms with van der Waals surface area (Å²) in [5, 5.41) is 2.89. The molecule has 132 valence electrons. The zero-order chi connectivity index (χ0) is 18.5. The summed E-state index contributed by atoms with van der Waals surface area (Å²) in [7, 11) is 1.58. The SMILES string of the molecule is CN1C(=O)c2ccccc2N2C(=O)CCC12C(=O)Nc1cccc(I)c1. The highest BCUT2D eigenvalue weighted by atomic mass is 127. The van der Waals surface area contributed by atoms with E-state index in [1.807, 2.05) is 18.2 Å². The number of nitrogens with one attached hydrogen (secondary N) is 1. The van der Waals surface area contributed by atoms with Crippen LogP contribution in [-0.2, 0) is 9.59 Å². The van der Waals surface area contributed by atoms with Crippen LogP contribution in [0.2, 0.25) is 0 Å². The molecule has 2 aromatic carbocycles. The fourth-order valence-corrected chi connectivity index (χ4v) is 4.27. The number of amides is 3. The smallest absolute Gasteiger partial charge is 0.271 e. The topological polar surface area (TPSA) is 69.7 Å². The molecule has 4 rings (SSSR count). The number of para-hydroxylation sites is 1. The van der Waals surface area contributed by atoms with Crippen molar-refractivity contribution in [1.29, 1.82) is 0 Å². The van der Waals surface area contributed by atoms with Crippen LogP contribution in [0.15, 0.2) is 48.5 Å². The Morgan fingerprint density at radius 2 is 1.92 bits per heavy atom. The molecule has 1 saturated heterocycles. The van der Waals surface area contributed by atoms with Gasteiger partial charge in [0.25, 0.3) is 11.8 Å². The minimum atomic E-state index is -1.34. The van der Waals surface area contributed by atoms with E-state index in [1.54, 1.807) is 37.4 Å². The van der Waals surface area contributed by atoms with Crippen LogP contribution in [0.3, 0.4) is 0 Å². The van der Waals surface area contributed by atoms with Crippen molar-refractivity contribution < 1.29 is 14.4 Å². The lowest BCUT2D eigenvalue weighted by Crippen LogP contribution is -2.68. The van der Waals surface area contributed by atoms with E-state index < -0.39 is 5.66 Å². The second kappa shape index (κ2) is 6.08. The summed E-state index contributed by atoms with van der Waals surface area (Å²) in [5.74, 6) is -0.797. The average Bonchev–Trinajstić information content (AvgIpc) is 2.98. The van der Waals surface area contributed by atoms with Crippen molar-refractivity contribution in [1.82, 2.24) is 4.90 Å². The summed E-state index contributed by atoms with van der Waals surface area (Å²) >= 11 is 2.17. The molecule has 0 saturated carbocycles. The summed E-state index contributed by atoms with van der Waals surface area (Å²) < 4.78 is 0.982. The molecule has 2 aliphatic rings. The van der Waals surface area contributed by atoms with E-state index in [1.165, 1.54) is 9.80 Å². The third-order valence-electron chi connectivity index (χ3n) is 4.99. The van der Waals surface area contributed by atoms with Crippen molar-refractivity contribution in [3.05, 3.63) is 57.7 Å². The van der Waals surface area contributed by atoms with Crippen molar-refractivity contribution in [3.63, 3.8) is 0 Å². The largest absolute Gasteiger partial charge is 0.322 e. The molecule has 3 amide bonds. The third kappa shape index (κ3) is 2.33. The van der Waals surface area contributed by atoms with E-state index in [0.29, 0.717) is 16.9 Å².